The second-order valence-corrected chi connectivity index (χ2v) is 5.85. The fraction of sp³-hybridized carbons (Fsp3) is 0.500. The van der Waals surface area contributed by atoms with E-state index in [0.29, 0.717) is 16.8 Å². The molecule has 0 aliphatic heterocycles. The van der Waals surface area contributed by atoms with E-state index in [9.17, 15) is 4.79 Å². The van der Waals surface area contributed by atoms with Crippen LogP contribution in [0.4, 0.5) is 0 Å². The lowest BCUT2D eigenvalue weighted by Crippen LogP contribution is -2.14. The third kappa shape index (κ3) is 3.18. The molecule has 1 aliphatic rings. The quantitative estimate of drug-likeness (QED) is 0.746. The van der Waals surface area contributed by atoms with Crippen LogP contribution in [-0.2, 0) is 16.1 Å². The number of fused-ring (bicyclic) bond motifs is 1. The lowest BCUT2D eigenvalue weighted by Gasteiger charge is -2.08. The standard InChI is InChI=1S/C14H16BrN3O3/c1-2-20-12(19)8-21-11-6-5-10-14(13(11)15)16-17-18(10)7-9-3-4-9/h5-6,9H,2-4,7-8H2,1H3. The van der Waals surface area contributed by atoms with Gasteiger partial charge in [-0.2, -0.15) is 0 Å². The van der Waals surface area contributed by atoms with Gasteiger partial charge in [0.2, 0.25) is 0 Å². The van der Waals surface area contributed by atoms with Crippen molar-refractivity contribution in [3.63, 3.8) is 0 Å². The van der Waals surface area contributed by atoms with Gasteiger partial charge in [0, 0.05) is 6.54 Å². The van der Waals surface area contributed by atoms with Gasteiger partial charge in [-0.25, -0.2) is 9.48 Å². The number of hydrogen-bond acceptors (Lipinski definition) is 5. The first-order valence-electron chi connectivity index (χ1n) is 6.99. The van der Waals surface area contributed by atoms with E-state index in [4.69, 9.17) is 9.47 Å². The summed E-state index contributed by atoms with van der Waals surface area (Å²) in [5.74, 6) is 0.907. The molecule has 1 fully saturated rings. The fourth-order valence-electron chi connectivity index (χ4n) is 2.12. The van der Waals surface area contributed by atoms with Gasteiger partial charge in [-0.15, -0.1) is 5.10 Å². The van der Waals surface area contributed by atoms with Crippen molar-refractivity contribution in [2.45, 2.75) is 26.3 Å². The Labute approximate surface area is 130 Å². The summed E-state index contributed by atoms with van der Waals surface area (Å²) < 4.78 is 12.9. The van der Waals surface area contributed by atoms with Gasteiger partial charge in [0.05, 0.1) is 16.6 Å². The first-order chi connectivity index (χ1) is 10.2. The van der Waals surface area contributed by atoms with E-state index in [0.717, 1.165) is 23.5 Å². The molecular weight excluding hydrogens is 338 g/mol. The van der Waals surface area contributed by atoms with Crippen molar-refractivity contribution in [3.8, 4) is 5.75 Å². The highest BCUT2D eigenvalue weighted by Crippen LogP contribution is 2.34. The first kappa shape index (κ1) is 14.3. The van der Waals surface area contributed by atoms with Crippen molar-refractivity contribution in [3.05, 3.63) is 16.6 Å². The van der Waals surface area contributed by atoms with Gasteiger partial charge in [0.1, 0.15) is 11.3 Å². The third-order valence-corrected chi connectivity index (χ3v) is 4.14. The molecule has 0 radical (unpaired) electrons. The molecule has 0 bridgehead atoms. The average Bonchev–Trinajstić information content (AvgIpc) is 3.18. The first-order valence-corrected chi connectivity index (χ1v) is 7.78. The molecule has 112 valence electrons. The van der Waals surface area contributed by atoms with Crippen LogP contribution in [0.5, 0.6) is 5.75 Å². The monoisotopic (exact) mass is 353 g/mol. The van der Waals surface area contributed by atoms with Gasteiger partial charge in [-0.05, 0) is 53.7 Å². The lowest BCUT2D eigenvalue weighted by atomic mass is 10.3. The zero-order chi connectivity index (χ0) is 14.8. The number of ether oxygens (including phenoxy) is 2. The maximum atomic E-state index is 11.3. The van der Waals surface area contributed by atoms with Gasteiger partial charge < -0.3 is 9.47 Å². The average molecular weight is 354 g/mol. The van der Waals surface area contributed by atoms with Crippen LogP contribution in [-0.4, -0.2) is 34.2 Å². The fourth-order valence-corrected chi connectivity index (χ4v) is 2.65. The van der Waals surface area contributed by atoms with E-state index >= 15 is 0 Å². The summed E-state index contributed by atoms with van der Waals surface area (Å²) in [5, 5.41) is 8.38. The number of carbonyl (C=O) groups excluding carboxylic acids is 1. The molecule has 0 saturated heterocycles. The van der Waals surface area contributed by atoms with Gasteiger partial charge in [0.25, 0.3) is 0 Å². The Morgan fingerprint density at radius 1 is 1.48 bits per heavy atom. The predicted octanol–water partition coefficient (Wildman–Crippen LogP) is 2.55. The molecule has 2 aromatic rings. The van der Waals surface area contributed by atoms with E-state index in [-0.39, 0.29) is 12.6 Å². The van der Waals surface area contributed by atoms with E-state index in [2.05, 4.69) is 26.2 Å². The zero-order valence-electron chi connectivity index (χ0n) is 11.7. The van der Waals surface area contributed by atoms with Crippen LogP contribution < -0.4 is 4.74 Å². The molecule has 6 nitrogen and oxygen atoms in total. The smallest absolute Gasteiger partial charge is 0.344 e. The Bertz CT molecular complexity index is 667. The number of rotatable bonds is 6. The molecule has 0 amide bonds. The van der Waals surface area contributed by atoms with Gasteiger partial charge >= 0.3 is 5.97 Å². The summed E-state index contributed by atoms with van der Waals surface area (Å²) in [6.07, 6.45) is 2.53. The molecule has 1 aliphatic carbocycles. The zero-order valence-corrected chi connectivity index (χ0v) is 13.3. The van der Waals surface area contributed by atoms with Crippen LogP contribution >= 0.6 is 15.9 Å². The SMILES string of the molecule is CCOC(=O)COc1ccc2c(nnn2CC2CC2)c1Br. The molecule has 7 heteroatoms. The number of halogens is 1. The molecule has 0 unspecified atom stereocenters. The van der Waals surface area contributed by atoms with Crippen molar-refractivity contribution in [2.75, 3.05) is 13.2 Å². The van der Waals surface area contributed by atoms with Gasteiger partial charge in [-0.1, -0.05) is 5.21 Å². The molecule has 1 heterocycles. The molecule has 1 aromatic carbocycles. The molecule has 21 heavy (non-hydrogen) atoms. The molecule has 0 atom stereocenters. The molecule has 1 aromatic heterocycles. The maximum Gasteiger partial charge on any atom is 0.344 e. The predicted molar refractivity (Wildman–Crippen MR) is 80.1 cm³/mol. The van der Waals surface area contributed by atoms with E-state index < -0.39 is 0 Å². The topological polar surface area (TPSA) is 66.2 Å². The molecule has 3 rings (SSSR count). The highest BCUT2D eigenvalue weighted by Gasteiger charge is 2.23. The number of hydrogen-bond donors (Lipinski definition) is 0. The summed E-state index contributed by atoms with van der Waals surface area (Å²) in [4.78, 5) is 11.3. The third-order valence-electron chi connectivity index (χ3n) is 3.37. The normalized spacial score (nSPS) is 14.4. The van der Waals surface area contributed by atoms with Gasteiger partial charge in [0.15, 0.2) is 6.61 Å². The van der Waals surface area contributed by atoms with Crippen molar-refractivity contribution in [1.82, 2.24) is 15.0 Å². The Kier molecular flexibility index (Phi) is 4.10. The number of nitrogens with zero attached hydrogens (tertiary/aromatic N) is 3. The van der Waals surface area contributed by atoms with E-state index in [1.807, 2.05) is 16.8 Å². The van der Waals surface area contributed by atoms with Crippen molar-refractivity contribution >= 4 is 32.9 Å². The molecular formula is C14H16BrN3O3. The van der Waals surface area contributed by atoms with Crippen LogP contribution in [0.1, 0.15) is 19.8 Å². The van der Waals surface area contributed by atoms with Crippen molar-refractivity contribution in [2.24, 2.45) is 5.92 Å². The number of esters is 1. The van der Waals surface area contributed by atoms with Crippen molar-refractivity contribution < 1.29 is 14.3 Å². The molecule has 0 N–H and O–H groups in total. The Morgan fingerprint density at radius 2 is 2.29 bits per heavy atom. The Morgan fingerprint density at radius 3 is 3.00 bits per heavy atom. The maximum absolute atomic E-state index is 11.3. The largest absolute Gasteiger partial charge is 0.481 e. The minimum Gasteiger partial charge on any atom is -0.481 e. The van der Waals surface area contributed by atoms with Crippen LogP contribution in [0.15, 0.2) is 16.6 Å². The molecule has 0 spiro atoms. The number of aromatic nitrogens is 3. The molecule has 1 saturated carbocycles. The van der Waals surface area contributed by atoms with Crippen LogP contribution in [0.2, 0.25) is 0 Å². The summed E-state index contributed by atoms with van der Waals surface area (Å²) in [6.45, 7) is 2.90. The van der Waals surface area contributed by atoms with Gasteiger partial charge in [-0.3, -0.25) is 0 Å². The Balaban J connectivity index is 1.78. The van der Waals surface area contributed by atoms with Crippen LogP contribution in [0, 0.1) is 5.92 Å². The summed E-state index contributed by atoms with van der Waals surface area (Å²) in [6, 6.07) is 3.74. The lowest BCUT2D eigenvalue weighted by molar-refractivity contribution is -0.145. The van der Waals surface area contributed by atoms with Crippen LogP contribution in [0.25, 0.3) is 11.0 Å². The Hall–Kier alpha value is -1.63. The number of benzene rings is 1. The van der Waals surface area contributed by atoms with E-state index in [1.54, 1.807) is 6.92 Å². The minimum atomic E-state index is -0.387. The minimum absolute atomic E-state index is 0.117. The second kappa shape index (κ2) is 6.01. The summed E-state index contributed by atoms with van der Waals surface area (Å²) >= 11 is 3.47. The number of carbonyl (C=O) groups is 1. The van der Waals surface area contributed by atoms with Crippen molar-refractivity contribution in [1.29, 1.82) is 0 Å². The summed E-state index contributed by atoms with van der Waals surface area (Å²) in [5.41, 5.74) is 1.72. The highest BCUT2D eigenvalue weighted by atomic mass is 79.9. The van der Waals surface area contributed by atoms with Crippen LogP contribution in [0.3, 0.4) is 0 Å². The van der Waals surface area contributed by atoms with E-state index in [1.165, 1.54) is 12.8 Å². The highest BCUT2D eigenvalue weighted by molar-refractivity contribution is 9.10. The second-order valence-electron chi connectivity index (χ2n) is 5.05. The summed E-state index contributed by atoms with van der Waals surface area (Å²) in [7, 11) is 0.